The molecular weight excluding hydrogens is 284 g/mol. The number of nitrogens with one attached hydrogen (secondary N) is 1. The zero-order valence-electron chi connectivity index (χ0n) is 13.4. The van der Waals surface area contributed by atoms with Crippen LogP contribution in [0.4, 0.5) is 0 Å². The summed E-state index contributed by atoms with van der Waals surface area (Å²) in [5, 5.41) is 22.9. The summed E-state index contributed by atoms with van der Waals surface area (Å²) >= 11 is 0. The summed E-state index contributed by atoms with van der Waals surface area (Å²) in [6.45, 7) is 2.14. The molecule has 0 aromatic heterocycles. The molecule has 0 saturated heterocycles. The van der Waals surface area contributed by atoms with E-state index in [2.05, 4.69) is 42.6 Å². The van der Waals surface area contributed by atoms with E-state index in [1.54, 1.807) is 0 Å². The monoisotopic (exact) mass is 306 g/mol. The van der Waals surface area contributed by atoms with Gasteiger partial charge in [0.15, 0.2) is 0 Å². The number of fused-ring (bicyclic) bond motifs is 1. The standard InChI is InChI=1S/C20H22N2O/c1-20(11-16-9-5-6-10-17(16)12-20)19(13-21)22-18(14-23)15-7-3-2-4-8-15/h2-10,18-19,22-23H,11-12,14H2,1H3/t18-,19+/m0/s1. The van der Waals surface area contributed by atoms with Crippen molar-refractivity contribution in [3.05, 3.63) is 71.3 Å². The quantitative estimate of drug-likeness (QED) is 0.893. The van der Waals surface area contributed by atoms with Gasteiger partial charge in [0.2, 0.25) is 0 Å². The van der Waals surface area contributed by atoms with Crippen LogP contribution in [0.5, 0.6) is 0 Å². The lowest BCUT2D eigenvalue weighted by Gasteiger charge is -2.32. The highest BCUT2D eigenvalue weighted by Gasteiger charge is 2.40. The van der Waals surface area contributed by atoms with E-state index in [0.717, 1.165) is 18.4 Å². The molecule has 23 heavy (non-hydrogen) atoms. The fourth-order valence-electron chi connectivity index (χ4n) is 3.57. The molecule has 3 nitrogen and oxygen atoms in total. The van der Waals surface area contributed by atoms with E-state index >= 15 is 0 Å². The first-order valence-corrected chi connectivity index (χ1v) is 8.04. The van der Waals surface area contributed by atoms with Crippen molar-refractivity contribution < 1.29 is 5.11 Å². The minimum atomic E-state index is -0.313. The van der Waals surface area contributed by atoms with Gasteiger partial charge in [-0.25, -0.2) is 0 Å². The maximum absolute atomic E-state index is 9.75. The Kier molecular flexibility index (Phi) is 4.47. The zero-order chi connectivity index (χ0) is 16.3. The summed E-state index contributed by atoms with van der Waals surface area (Å²) in [5.41, 5.74) is 3.52. The number of aliphatic hydroxyl groups is 1. The Morgan fingerprint density at radius 1 is 1.09 bits per heavy atom. The van der Waals surface area contributed by atoms with Gasteiger partial charge in [-0.15, -0.1) is 0 Å². The van der Waals surface area contributed by atoms with Crippen molar-refractivity contribution in [1.82, 2.24) is 5.32 Å². The maximum Gasteiger partial charge on any atom is 0.102 e. The third-order valence-corrected chi connectivity index (χ3v) is 4.89. The van der Waals surface area contributed by atoms with E-state index in [4.69, 9.17) is 0 Å². The van der Waals surface area contributed by atoms with E-state index in [9.17, 15) is 10.4 Å². The van der Waals surface area contributed by atoms with Crippen LogP contribution in [0.15, 0.2) is 54.6 Å². The third-order valence-electron chi connectivity index (χ3n) is 4.89. The molecule has 0 saturated carbocycles. The first kappa shape index (κ1) is 15.7. The lowest BCUT2D eigenvalue weighted by Crippen LogP contribution is -2.45. The molecule has 2 aromatic carbocycles. The van der Waals surface area contributed by atoms with Gasteiger partial charge >= 0.3 is 0 Å². The Hall–Kier alpha value is -2.15. The van der Waals surface area contributed by atoms with Gasteiger partial charge in [0.05, 0.1) is 18.7 Å². The van der Waals surface area contributed by atoms with Gasteiger partial charge in [-0.2, -0.15) is 5.26 Å². The summed E-state index contributed by atoms with van der Waals surface area (Å²) in [4.78, 5) is 0. The molecule has 2 atom stereocenters. The lowest BCUT2D eigenvalue weighted by atomic mass is 9.79. The minimum absolute atomic E-state index is 0.0226. The van der Waals surface area contributed by atoms with E-state index in [1.807, 2.05) is 30.3 Å². The average molecular weight is 306 g/mol. The molecule has 0 bridgehead atoms. The summed E-state index contributed by atoms with van der Waals surface area (Å²) in [6.07, 6.45) is 1.78. The molecule has 1 aliphatic carbocycles. The SMILES string of the molecule is CC1([C@@H](C#N)N[C@@H](CO)c2ccccc2)Cc2ccccc2C1. The third kappa shape index (κ3) is 3.14. The van der Waals surface area contributed by atoms with Crippen LogP contribution >= 0.6 is 0 Å². The van der Waals surface area contributed by atoms with Gasteiger partial charge in [0.25, 0.3) is 0 Å². The van der Waals surface area contributed by atoms with Crippen molar-refractivity contribution >= 4 is 0 Å². The fraction of sp³-hybridized carbons (Fsp3) is 0.350. The second-order valence-electron chi connectivity index (χ2n) is 6.65. The van der Waals surface area contributed by atoms with Gasteiger partial charge in [-0.05, 0) is 29.5 Å². The van der Waals surface area contributed by atoms with Crippen LogP contribution < -0.4 is 5.32 Å². The van der Waals surface area contributed by atoms with E-state index < -0.39 is 0 Å². The second kappa shape index (κ2) is 6.54. The Morgan fingerprint density at radius 3 is 2.17 bits per heavy atom. The molecule has 0 fully saturated rings. The number of nitriles is 1. The van der Waals surface area contributed by atoms with Crippen molar-refractivity contribution in [2.24, 2.45) is 5.41 Å². The van der Waals surface area contributed by atoms with Gasteiger partial charge in [-0.3, -0.25) is 5.32 Å². The molecule has 0 radical (unpaired) electrons. The van der Waals surface area contributed by atoms with Crippen LogP contribution in [-0.4, -0.2) is 17.8 Å². The van der Waals surface area contributed by atoms with Gasteiger partial charge in [0, 0.05) is 5.41 Å². The number of rotatable bonds is 5. The smallest absolute Gasteiger partial charge is 0.102 e. The van der Waals surface area contributed by atoms with Crippen molar-refractivity contribution in [1.29, 1.82) is 5.26 Å². The summed E-state index contributed by atoms with van der Waals surface area (Å²) in [5.74, 6) is 0. The molecule has 0 unspecified atom stereocenters. The zero-order valence-corrected chi connectivity index (χ0v) is 13.4. The molecule has 2 aromatic rings. The normalized spacial score (nSPS) is 18.0. The Bertz CT molecular complexity index is 680. The average Bonchev–Trinajstić information content (AvgIpc) is 2.93. The van der Waals surface area contributed by atoms with Gasteiger partial charge < -0.3 is 5.11 Å². The molecule has 0 heterocycles. The number of nitrogens with zero attached hydrogens (tertiary/aromatic N) is 1. The first-order valence-electron chi connectivity index (χ1n) is 8.04. The Balaban J connectivity index is 1.80. The number of hydrogen-bond donors (Lipinski definition) is 2. The van der Waals surface area contributed by atoms with Crippen LogP contribution in [0, 0.1) is 16.7 Å². The van der Waals surface area contributed by atoms with Crippen LogP contribution in [0.1, 0.15) is 29.7 Å². The number of aliphatic hydroxyl groups excluding tert-OH is 1. The highest BCUT2D eigenvalue weighted by Crippen LogP contribution is 2.39. The van der Waals surface area contributed by atoms with E-state index in [-0.39, 0.29) is 24.1 Å². The van der Waals surface area contributed by atoms with Crippen LogP contribution in [0.25, 0.3) is 0 Å². The van der Waals surface area contributed by atoms with Crippen molar-refractivity contribution in [2.75, 3.05) is 6.61 Å². The summed E-state index contributed by atoms with van der Waals surface area (Å²) in [6, 6.07) is 20.1. The van der Waals surface area contributed by atoms with E-state index in [1.165, 1.54) is 11.1 Å². The first-order chi connectivity index (χ1) is 11.2. The molecule has 0 amide bonds. The molecular formula is C20H22N2O. The molecule has 3 rings (SSSR count). The van der Waals surface area contributed by atoms with Crippen molar-refractivity contribution in [2.45, 2.75) is 31.8 Å². The molecule has 0 aliphatic heterocycles. The van der Waals surface area contributed by atoms with Crippen LogP contribution in [0.2, 0.25) is 0 Å². The largest absolute Gasteiger partial charge is 0.394 e. The lowest BCUT2D eigenvalue weighted by molar-refractivity contribution is 0.198. The molecule has 3 heteroatoms. The minimum Gasteiger partial charge on any atom is -0.394 e. The summed E-state index contributed by atoms with van der Waals surface area (Å²) in [7, 11) is 0. The summed E-state index contributed by atoms with van der Waals surface area (Å²) < 4.78 is 0. The Labute approximate surface area is 137 Å². The highest BCUT2D eigenvalue weighted by atomic mass is 16.3. The fourth-order valence-corrected chi connectivity index (χ4v) is 3.57. The predicted molar refractivity (Wildman–Crippen MR) is 90.8 cm³/mol. The molecule has 118 valence electrons. The second-order valence-corrected chi connectivity index (χ2v) is 6.65. The highest BCUT2D eigenvalue weighted by molar-refractivity contribution is 5.36. The van der Waals surface area contributed by atoms with Gasteiger partial charge in [0.1, 0.15) is 6.04 Å². The van der Waals surface area contributed by atoms with Crippen molar-refractivity contribution in [3.63, 3.8) is 0 Å². The number of benzene rings is 2. The van der Waals surface area contributed by atoms with Crippen molar-refractivity contribution in [3.8, 4) is 6.07 Å². The maximum atomic E-state index is 9.75. The Morgan fingerprint density at radius 2 is 1.65 bits per heavy atom. The number of hydrogen-bond acceptors (Lipinski definition) is 3. The van der Waals surface area contributed by atoms with Gasteiger partial charge in [-0.1, -0.05) is 61.5 Å². The molecule has 2 N–H and O–H groups in total. The van der Waals surface area contributed by atoms with Crippen LogP contribution in [-0.2, 0) is 12.8 Å². The topological polar surface area (TPSA) is 56.0 Å². The predicted octanol–water partition coefficient (Wildman–Crippen LogP) is 3.01. The molecule has 0 spiro atoms. The van der Waals surface area contributed by atoms with Crippen LogP contribution in [0.3, 0.4) is 0 Å². The molecule has 1 aliphatic rings. The van der Waals surface area contributed by atoms with E-state index in [0.29, 0.717) is 0 Å².